The number of benzene rings is 2. The van der Waals surface area contributed by atoms with E-state index in [4.69, 9.17) is 11.6 Å². The van der Waals surface area contributed by atoms with E-state index in [0.717, 1.165) is 66.8 Å². The van der Waals surface area contributed by atoms with Crippen molar-refractivity contribution < 1.29 is 8.42 Å². The molecule has 0 amide bonds. The fourth-order valence-electron chi connectivity index (χ4n) is 5.58. The molecule has 6 rings (SSSR count). The molecule has 6 bridgehead atoms. The van der Waals surface area contributed by atoms with Crippen molar-refractivity contribution in [2.75, 3.05) is 35.6 Å². The molecule has 1 saturated heterocycles. The summed E-state index contributed by atoms with van der Waals surface area (Å²) in [6.07, 6.45) is 9.29. The topological polar surface area (TPSA) is 136 Å². The van der Waals surface area contributed by atoms with Crippen LogP contribution in [-0.4, -0.2) is 47.3 Å². The molecule has 0 saturated carbocycles. The van der Waals surface area contributed by atoms with E-state index in [9.17, 15) is 13.7 Å². The first kappa shape index (κ1) is 28.9. The lowest BCUT2D eigenvalue weighted by atomic mass is 9.94. The van der Waals surface area contributed by atoms with E-state index in [1.807, 2.05) is 18.3 Å². The number of hydrogen-bond donors (Lipinski definition) is 3. The summed E-state index contributed by atoms with van der Waals surface area (Å²) in [6.45, 7) is 1.68. The van der Waals surface area contributed by atoms with Crippen LogP contribution in [0.5, 0.6) is 0 Å². The summed E-state index contributed by atoms with van der Waals surface area (Å²) in [5.41, 5.74) is 5.19. The Kier molecular flexibility index (Phi) is 8.42. The van der Waals surface area contributed by atoms with Crippen molar-refractivity contribution in [1.82, 2.24) is 19.3 Å². The van der Waals surface area contributed by atoms with E-state index < -0.39 is 10.0 Å². The first-order chi connectivity index (χ1) is 20.9. The van der Waals surface area contributed by atoms with Crippen molar-refractivity contribution in [2.24, 2.45) is 5.92 Å². The van der Waals surface area contributed by atoms with Gasteiger partial charge in [-0.15, -0.1) is 0 Å². The van der Waals surface area contributed by atoms with Crippen molar-refractivity contribution in [3.05, 3.63) is 88.8 Å². The molecule has 10 nitrogen and oxygen atoms in total. The monoisotopic (exact) mass is 614 g/mol. The second kappa shape index (κ2) is 12.6. The molecule has 0 unspecified atom stereocenters. The third-order valence-electron chi connectivity index (χ3n) is 7.91. The van der Waals surface area contributed by atoms with Crippen LogP contribution in [0.25, 0.3) is 0 Å². The van der Waals surface area contributed by atoms with Gasteiger partial charge in [-0.1, -0.05) is 23.7 Å². The van der Waals surface area contributed by atoms with Gasteiger partial charge in [-0.25, -0.2) is 13.4 Å². The summed E-state index contributed by atoms with van der Waals surface area (Å²) >= 11 is 6.40. The van der Waals surface area contributed by atoms with Gasteiger partial charge in [0, 0.05) is 37.2 Å². The average molecular weight is 615 g/mol. The van der Waals surface area contributed by atoms with Gasteiger partial charge in [0.25, 0.3) is 0 Å². The summed E-state index contributed by atoms with van der Waals surface area (Å²) in [6, 6.07) is 16.6. The highest BCUT2D eigenvalue weighted by molar-refractivity contribution is 7.89. The molecule has 4 aromatic rings. The van der Waals surface area contributed by atoms with E-state index in [2.05, 4.69) is 49.1 Å². The normalized spacial score (nSPS) is 15.5. The largest absolute Gasteiger partial charge is 0.385 e. The number of anilines is 5. The highest BCUT2D eigenvalue weighted by Gasteiger charge is 2.30. The standard InChI is InChI=1S/C31H31ClN8O2S/c32-27-20-36-31-38-26-15-22(18-34-19-26)5-6-23-16-25(37-30(27)39-31)7-8-28(23)35-12-9-21-10-13-40(14-11-21)43(41,42)29-4-2-1-3-24(29)17-33/h1-4,7-8,15-16,18-21,35H,5-6,9-14H2,(H2,36,37,38,39). The second-order valence-electron chi connectivity index (χ2n) is 10.8. The lowest BCUT2D eigenvalue weighted by Gasteiger charge is -2.31. The number of sulfonamides is 1. The third kappa shape index (κ3) is 6.57. The van der Waals surface area contributed by atoms with Gasteiger partial charge in [-0.3, -0.25) is 4.98 Å². The van der Waals surface area contributed by atoms with Crippen LogP contribution in [0.3, 0.4) is 0 Å². The molecule has 2 aromatic carbocycles. The Bertz CT molecular complexity index is 1790. The molecule has 220 valence electrons. The minimum atomic E-state index is -3.69. The van der Waals surface area contributed by atoms with E-state index in [0.29, 0.717) is 35.8 Å². The molecular weight excluding hydrogens is 584 g/mol. The van der Waals surface area contributed by atoms with Crippen molar-refractivity contribution in [3.63, 3.8) is 0 Å². The van der Waals surface area contributed by atoms with Gasteiger partial charge < -0.3 is 16.0 Å². The van der Waals surface area contributed by atoms with Crippen molar-refractivity contribution in [2.45, 2.75) is 37.0 Å². The smallest absolute Gasteiger partial charge is 0.244 e. The number of rotatable bonds is 6. The number of pyridine rings is 1. The van der Waals surface area contributed by atoms with Crippen molar-refractivity contribution >= 4 is 50.5 Å². The Morgan fingerprint density at radius 3 is 2.70 bits per heavy atom. The van der Waals surface area contributed by atoms with Gasteiger partial charge in [0.05, 0.1) is 28.5 Å². The van der Waals surface area contributed by atoms with E-state index >= 15 is 0 Å². The molecule has 0 aliphatic carbocycles. The van der Waals surface area contributed by atoms with Crippen LogP contribution >= 0.6 is 11.6 Å². The molecule has 0 spiro atoms. The summed E-state index contributed by atoms with van der Waals surface area (Å²) in [7, 11) is -3.69. The van der Waals surface area contributed by atoms with Gasteiger partial charge in [-0.2, -0.15) is 14.6 Å². The number of fused-ring (bicyclic) bond motifs is 6. The van der Waals surface area contributed by atoms with Crippen LogP contribution in [0.2, 0.25) is 5.02 Å². The van der Waals surface area contributed by atoms with Gasteiger partial charge in [0.2, 0.25) is 16.0 Å². The number of nitrogens with one attached hydrogen (secondary N) is 3. The lowest BCUT2D eigenvalue weighted by molar-refractivity contribution is 0.267. The Hall–Kier alpha value is -4.24. The third-order valence-corrected chi connectivity index (χ3v) is 10.1. The van der Waals surface area contributed by atoms with Crippen molar-refractivity contribution in [3.8, 4) is 6.07 Å². The minimum absolute atomic E-state index is 0.0888. The number of piperidine rings is 1. The maximum Gasteiger partial charge on any atom is 0.244 e. The highest BCUT2D eigenvalue weighted by Crippen LogP contribution is 2.31. The summed E-state index contributed by atoms with van der Waals surface area (Å²) < 4.78 is 27.9. The van der Waals surface area contributed by atoms with E-state index in [1.165, 1.54) is 10.4 Å². The van der Waals surface area contributed by atoms with Crippen LogP contribution in [-0.2, 0) is 22.9 Å². The number of nitriles is 1. The molecule has 4 heterocycles. The van der Waals surface area contributed by atoms with E-state index in [-0.39, 0.29) is 10.5 Å². The van der Waals surface area contributed by atoms with Crippen LogP contribution < -0.4 is 16.0 Å². The van der Waals surface area contributed by atoms with Gasteiger partial charge >= 0.3 is 0 Å². The number of nitrogens with zero attached hydrogens (tertiary/aromatic N) is 5. The summed E-state index contributed by atoms with van der Waals surface area (Å²) in [5.74, 6) is 1.35. The fourth-order valence-corrected chi connectivity index (χ4v) is 7.33. The molecule has 2 aliphatic rings. The Morgan fingerprint density at radius 2 is 1.86 bits per heavy atom. The molecule has 0 atom stereocenters. The zero-order valence-corrected chi connectivity index (χ0v) is 25.0. The highest BCUT2D eigenvalue weighted by atomic mass is 35.5. The SMILES string of the molecule is N#Cc1ccccc1S(=O)(=O)N1CCC(CCNc2ccc3cc2CCc2cncc(c2)Nc2ncc(Cl)c(n2)N3)CC1. The number of aryl methyl sites for hydroxylation is 2. The summed E-state index contributed by atoms with van der Waals surface area (Å²) in [4.78, 5) is 13.3. The van der Waals surface area contributed by atoms with Gasteiger partial charge in [0.15, 0.2) is 5.82 Å². The number of aromatic nitrogens is 3. The minimum Gasteiger partial charge on any atom is -0.385 e. The zero-order chi connectivity index (χ0) is 29.8. The molecule has 1 fully saturated rings. The number of halogens is 1. The molecule has 3 N–H and O–H groups in total. The van der Waals surface area contributed by atoms with Crippen LogP contribution in [0.4, 0.5) is 28.8 Å². The Labute approximate surface area is 256 Å². The van der Waals surface area contributed by atoms with Gasteiger partial charge in [-0.05, 0) is 85.5 Å². The quantitative estimate of drug-likeness (QED) is 0.243. The maximum absolute atomic E-state index is 13.2. The van der Waals surface area contributed by atoms with E-state index in [1.54, 1.807) is 30.6 Å². The van der Waals surface area contributed by atoms with Crippen LogP contribution in [0, 0.1) is 17.2 Å². The predicted molar refractivity (Wildman–Crippen MR) is 167 cm³/mol. The Balaban J connectivity index is 1.11. The molecule has 12 heteroatoms. The second-order valence-corrected chi connectivity index (χ2v) is 13.1. The van der Waals surface area contributed by atoms with Crippen molar-refractivity contribution in [1.29, 1.82) is 5.26 Å². The van der Waals surface area contributed by atoms with Crippen LogP contribution in [0.15, 0.2) is 72.0 Å². The van der Waals surface area contributed by atoms with Crippen LogP contribution in [0.1, 0.15) is 36.0 Å². The average Bonchev–Trinajstić information content (AvgIpc) is 3.03. The molecule has 0 radical (unpaired) electrons. The van der Waals surface area contributed by atoms with Gasteiger partial charge in [0.1, 0.15) is 11.1 Å². The lowest BCUT2D eigenvalue weighted by Crippen LogP contribution is -2.39. The zero-order valence-electron chi connectivity index (χ0n) is 23.4. The molecular formula is C31H31ClN8O2S. The molecule has 2 aliphatic heterocycles. The first-order valence-corrected chi connectivity index (χ1v) is 16.1. The maximum atomic E-state index is 13.2. The number of hydrogen-bond acceptors (Lipinski definition) is 9. The fraction of sp³-hybridized carbons (Fsp3) is 0.290. The molecule has 2 aromatic heterocycles. The summed E-state index contributed by atoms with van der Waals surface area (Å²) in [5, 5.41) is 20.0. The Morgan fingerprint density at radius 1 is 1.02 bits per heavy atom. The molecule has 43 heavy (non-hydrogen) atoms. The predicted octanol–water partition coefficient (Wildman–Crippen LogP) is 5.89. The first-order valence-electron chi connectivity index (χ1n) is 14.3.